The predicted octanol–water partition coefficient (Wildman–Crippen LogP) is -1.02. The number of hydrogen-bond donors (Lipinski definition) is 2. The monoisotopic (exact) mass is 200 g/mol. The molecule has 0 spiro atoms. The molecule has 1 aliphatic rings. The molecule has 0 aromatic carbocycles. The van der Waals surface area contributed by atoms with Crippen LogP contribution in [0.3, 0.4) is 0 Å². The van der Waals surface area contributed by atoms with Crippen LogP contribution in [0, 0.1) is 20.2 Å². The second kappa shape index (κ2) is 3.16. The molecule has 76 valence electrons. The summed E-state index contributed by atoms with van der Waals surface area (Å²) in [6, 6.07) is -1.07. The third-order valence-electron chi connectivity index (χ3n) is 1.91. The molecule has 0 fully saturated rings. The van der Waals surface area contributed by atoms with Crippen LogP contribution in [0.15, 0.2) is 23.9 Å². The molecule has 0 aromatic heterocycles. The summed E-state index contributed by atoms with van der Waals surface area (Å²) in [4.78, 5) is 19.3. The maximum Gasteiger partial charge on any atom is 0.316 e. The largest absolute Gasteiger partial charge is 0.317 e. The van der Waals surface area contributed by atoms with Crippen LogP contribution in [-0.2, 0) is 0 Å². The molecule has 0 saturated carbocycles. The lowest BCUT2D eigenvalue weighted by molar-refractivity contribution is -0.558. The van der Waals surface area contributed by atoms with Crippen LogP contribution in [0.4, 0.5) is 0 Å². The van der Waals surface area contributed by atoms with E-state index in [-0.39, 0.29) is 0 Å². The Morgan fingerprint density at radius 2 is 2.00 bits per heavy atom. The highest BCUT2D eigenvalue weighted by molar-refractivity contribution is 5.26. The van der Waals surface area contributed by atoms with Crippen molar-refractivity contribution in [3.05, 3.63) is 44.2 Å². The Bertz CT molecular complexity index is 350. The molecule has 1 rings (SSSR count). The quantitative estimate of drug-likeness (QED) is 0.332. The summed E-state index contributed by atoms with van der Waals surface area (Å²) in [5, 5.41) is 20.9. The molecule has 0 saturated heterocycles. The van der Waals surface area contributed by atoms with Crippen LogP contribution in [0.1, 0.15) is 0 Å². The lowest BCUT2D eigenvalue weighted by Gasteiger charge is -2.22. The lowest BCUT2D eigenvalue weighted by atomic mass is 9.96. The van der Waals surface area contributed by atoms with E-state index in [2.05, 4.69) is 0 Å². The Hall–Kier alpha value is -1.80. The summed E-state index contributed by atoms with van der Waals surface area (Å²) in [6.07, 6.45) is 2.98. The van der Waals surface area contributed by atoms with Gasteiger partial charge in [-0.05, 0) is 0 Å². The average Bonchev–Trinajstić information content (AvgIpc) is 2.09. The van der Waals surface area contributed by atoms with Crippen LogP contribution >= 0.6 is 0 Å². The molecule has 8 nitrogen and oxygen atoms in total. The smallest absolute Gasteiger partial charge is 0.316 e. The number of nitrogens with zero attached hydrogens (tertiary/aromatic N) is 2. The van der Waals surface area contributed by atoms with Gasteiger partial charge in [-0.25, -0.2) is 0 Å². The van der Waals surface area contributed by atoms with E-state index in [0.29, 0.717) is 0 Å². The van der Waals surface area contributed by atoms with Crippen LogP contribution in [0.2, 0.25) is 0 Å². The standard InChI is InChI=1S/C6H8N4O4/c7-5-2-1-4(9(11)12)3-6(5,8)10(13)14/h1-3,5H,7-8H2. The normalized spacial score (nSPS) is 31.0. The molecule has 2 unspecified atom stereocenters. The minimum atomic E-state index is -2.10. The van der Waals surface area contributed by atoms with Gasteiger partial charge in [0, 0.05) is 11.0 Å². The predicted molar refractivity (Wildman–Crippen MR) is 46.1 cm³/mol. The van der Waals surface area contributed by atoms with Crippen molar-refractivity contribution in [1.82, 2.24) is 0 Å². The maximum atomic E-state index is 10.6. The SMILES string of the molecule is NC1C=CC([N+](=O)[O-])=CC1(N)[N+](=O)[O-]. The molecule has 0 aromatic rings. The van der Waals surface area contributed by atoms with E-state index in [1.54, 1.807) is 0 Å². The molecule has 4 N–H and O–H groups in total. The van der Waals surface area contributed by atoms with Crippen molar-refractivity contribution in [1.29, 1.82) is 0 Å². The van der Waals surface area contributed by atoms with Crippen molar-refractivity contribution in [3.8, 4) is 0 Å². The zero-order valence-corrected chi connectivity index (χ0v) is 6.99. The zero-order chi connectivity index (χ0) is 10.9. The third kappa shape index (κ3) is 1.47. The van der Waals surface area contributed by atoms with E-state index < -0.39 is 27.2 Å². The lowest BCUT2D eigenvalue weighted by Crippen LogP contribution is -2.59. The Balaban J connectivity index is 3.14. The molecule has 2 atom stereocenters. The van der Waals surface area contributed by atoms with Crippen LogP contribution in [0.5, 0.6) is 0 Å². The van der Waals surface area contributed by atoms with Crippen molar-refractivity contribution < 1.29 is 9.85 Å². The summed E-state index contributed by atoms with van der Waals surface area (Å²) in [5.74, 6) is 0. The first-order chi connectivity index (χ1) is 6.38. The number of hydrogen-bond acceptors (Lipinski definition) is 6. The second-order valence-corrected chi connectivity index (χ2v) is 2.86. The van der Waals surface area contributed by atoms with Gasteiger partial charge >= 0.3 is 5.66 Å². The highest BCUT2D eigenvalue weighted by Crippen LogP contribution is 2.19. The first-order valence-corrected chi connectivity index (χ1v) is 3.62. The average molecular weight is 200 g/mol. The van der Waals surface area contributed by atoms with Crippen LogP contribution in [0.25, 0.3) is 0 Å². The van der Waals surface area contributed by atoms with Crippen molar-refractivity contribution in [2.24, 2.45) is 11.5 Å². The fourth-order valence-electron chi connectivity index (χ4n) is 1.03. The van der Waals surface area contributed by atoms with Crippen molar-refractivity contribution >= 4 is 0 Å². The van der Waals surface area contributed by atoms with Gasteiger partial charge in [0.25, 0.3) is 5.70 Å². The minimum absolute atomic E-state index is 0.425. The highest BCUT2D eigenvalue weighted by atomic mass is 16.6. The Labute approximate surface area is 78.2 Å². The van der Waals surface area contributed by atoms with Gasteiger partial charge in [-0.15, -0.1) is 0 Å². The summed E-state index contributed by atoms with van der Waals surface area (Å²) in [7, 11) is 0. The first-order valence-electron chi connectivity index (χ1n) is 3.62. The minimum Gasteiger partial charge on any atom is -0.317 e. The summed E-state index contributed by atoms with van der Waals surface area (Å²) < 4.78 is 0. The Morgan fingerprint density at radius 1 is 1.43 bits per heavy atom. The topological polar surface area (TPSA) is 138 Å². The molecular weight excluding hydrogens is 192 g/mol. The molecule has 0 heterocycles. The molecular formula is C6H8N4O4. The molecule has 14 heavy (non-hydrogen) atoms. The fourth-order valence-corrected chi connectivity index (χ4v) is 1.03. The summed E-state index contributed by atoms with van der Waals surface area (Å²) in [6.45, 7) is 0. The van der Waals surface area contributed by atoms with E-state index in [1.807, 2.05) is 0 Å². The number of nitrogens with two attached hydrogens (primary N) is 2. The van der Waals surface area contributed by atoms with E-state index in [1.165, 1.54) is 0 Å². The van der Waals surface area contributed by atoms with Gasteiger partial charge in [-0.3, -0.25) is 26.0 Å². The van der Waals surface area contributed by atoms with Gasteiger partial charge in [0.15, 0.2) is 0 Å². The Kier molecular flexibility index (Phi) is 2.32. The van der Waals surface area contributed by atoms with Crippen molar-refractivity contribution in [2.75, 3.05) is 0 Å². The van der Waals surface area contributed by atoms with Gasteiger partial charge in [-0.2, -0.15) is 0 Å². The first kappa shape index (κ1) is 10.3. The second-order valence-electron chi connectivity index (χ2n) is 2.86. The molecule has 1 aliphatic carbocycles. The van der Waals surface area contributed by atoms with Crippen LogP contribution < -0.4 is 11.5 Å². The fraction of sp³-hybridized carbons (Fsp3) is 0.333. The Morgan fingerprint density at radius 3 is 2.43 bits per heavy atom. The third-order valence-corrected chi connectivity index (χ3v) is 1.91. The molecule has 0 bridgehead atoms. The van der Waals surface area contributed by atoms with E-state index >= 15 is 0 Å². The van der Waals surface area contributed by atoms with Gasteiger partial charge in [0.2, 0.25) is 0 Å². The van der Waals surface area contributed by atoms with Gasteiger partial charge in [0.1, 0.15) is 6.04 Å². The summed E-state index contributed by atoms with van der Waals surface area (Å²) >= 11 is 0. The highest BCUT2D eigenvalue weighted by Gasteiger charge is 2.46. The van der Waals surface area contributed by atoms with E-state index in [9.17, 15) is 20.2 Å². The van der Waals surface area contributed by atoms with Crippen molar-refractivity contribution in [2.45, 2.75) is 11.7 Å². The number of rotatable bonds is 2. The van der Waals surface area contributed by atoms with Gasteiger partial charge < -0.3 is 5.73 Å². The van der Waals surface area contributed by atoms with Gasteiger partial charge in [0.05, 0.1) is 11.0 Å². The number of nitro groups is 2. The van der Waals surface area contributed by atoms with Crippen LogP contribution in [-0.4, -0.2) is 21.6 Å². The van der Waals surface area contributed by atoms with E-state index in [4.69, 9.17) is 11.5 Å². The summed E-state index contributed by atoms with van der Waals surface area (Å²) in [5.41, 5.74) is 8.15. The molecule has 0 radical (unpaired) electrons. The molecule has 0 amide bonds. The molecule has 8 heteroatoms. The maximum absolute atomic E-state index is 10.6. The van der Waals surface area contributed by atoms with E-state index in [0.717, 1.165) is 18.2 Å². The van der Waals surface area contributed by atoms with Crippen molar-refractivity contribution in [3.63, 3.8) is 0 Å². The number of allylic oxidation sites excluding steroid dienone is 1. The van der Waals surface area contributed by atoms with Gasteiger partial charge in [-0.1, -0.05) is 6.08 Å². The zero-order valence-electron chi connectivity index (χ0n) is 6.99. The molecule has 0 aliphatic heterocycles.